The summed E-state index contributed by atoms with van der Waals surface area (Å²) in [4.78, 5) is 19.4. The molecule has 0 fully saturated rings. The summed E-state index contributed by atoms with van der Waals surface area (Å²) in [6.07, 6.45) is 0. The first-order valence-corrected chi connectivity index (χ1v) is 7.62. The van der Waals surface area contributed by atoms with Crippen molar-refractivity contribution in [3.63, 3.8) is 0 Å². The molecule has 21 heavy (non-hydrogen) atoms. The van der Waals surface area contributed by atoms with Crippen molar-refractivity contribution < 1.29 is 4.79 Å². The van der Waals surface area contributed by atoms with Gasteiger partial charge in [0, 0.05) is 17.4 Å². The lowest BCUT2D eigenvalue weighted by molar-refractivity contribution is -0.120. The molecule has 3 rings (SSSR count). The van der Waals surface area contributed by atoms with Crippen molar-refractivity contribution in [1.82, 2.24) is 25.5 Å². The molecule has 0 saturated heterocycles. The summed E-state index contributed by atoms with van der Waals surface area (Å²) in [5, 5.41) is 12.4. The average Bonchev–Trinajstić information content (AvgIpc) is 2.85. The first kappa shape index (κ1) is 13.8. The van der Waals surface area contributed by atoms with E-state index >= 15 is 0 Å². The number of hydrogen-bond donors (Lipinski definition) is 2. The summed E-state index contributed by atoms with van der Waals surface area (Å²) < 4.78 is 0. The number of nitrogens with zero attached hydrogens (tertiary/aromatic N) is 3. The van der Waals surface area contributed by atoms with Gasteiger partial charge in [0.05, 0.1) is 5.25 Å². The molecule has 6 nitrogen and oxygen atoms in total. The first-order chi connectivity index (χ1) is 10.2. The standard InChI is InChI=1S/C14H15N5OS/c1-3-15-13(20)8(2)21-14-17-12-11(18-19-14)9-6-4-5-7-10(9)16-12/h4-8H,3H2,1-2H3,(H,15,20)(H,16,17,19)/t8-/m0/s1. The van der Waals surface area contributed by atoms with Crippen molar-refractivity contribution in [2.24, 2.45) is 0 Å². The van der Waals surface area contributed by atoms with Crippen molar-refractivity contribution in [1.29, 1.82) is 0 Å². The zero-order valence-electron chi connectivity index (χ0n) is 11.8. The number of fused-ring (bicyclic) bond motifs is 3. The molecule has 1 aromatic carbocycles. The second-order valence-electron chi connectivity index (χ2n) is 4.62. The minimum atomic E-state index is -0.256. The Hall–Kier alpha value is -2.15. The number of hydrogen-bond acceptors (Lipinski definition) is 5. The van der Waals surface area contributed by atoms with Gasteiger partial charge in [-0.05, 0) is 19.9 Å². The third-order valence-corrected chi connectivity index (χ3v) is 4.06. The lowest BCUT2D eigenvalue weighted by Gasteiger charge is -2.08. The van der Waals surface area contributed by atoms with Crippen LogP contribution in [0.25, 0.3) is 22.1 Å². The van der Waals surface area contributed by atoms with Gasteiger partial charge in [-0.1, -0.05) is 30.0 Å². The van der Waals surface area contributed by atoms with E-state index in [1.807, 2.05) is 38.1 Å². The van der Waals surface area contributed by atoms with E-state index in [-0.39, 0.29) is 11.2 Å². The molecule has 2 heterocycles. The molecule has 3 aromatic rings. The fraction of sp³-hybridized carbons (Fsp3) is 0.286. The number of carbonyl (C=O) groups is 1. The second kappa shape index (κ2) is 5.69. The Bertz CT molecular complexity index is 800. The lowest BCUT2D eigenvalue weighted by Crippen LogP contribution is -2.30. The fourth-order valence-corrected chi connectivity index (χ4v) is 2.82. The van der Waals surface area contributed by atoms with Crippen LogP contribution in [0.2, 0.25) is 0 Å². The van der Waals surface area contributed by atoms with Gasteiger partial charge in [-0.3, -0.25) is 4.79 Å². The molecule has 7 heteroatoms. The molecule has 0 saturated carbocycles. The Morgan fingerprint density at radius 3 is 3.00 bits per heavy atom. The van der Waals surface area contributed by atoms with E-state index < -0.39 is 0 Å². The summed E-state index contributed by atoms with van der Waals surface area (Å²) >= 11 is 1.30. The van der Waals surface area contributed by atoms with E-state index in [1.165, 1.54) is 11.8 Å². The van der Waals surface area contributed by atoms with Crippen molar-refractivity contribution >= 4 is 39.7 Å². The molecule has 0 radical (unpaired) electrons. The first-order valence-electron chi connectivity index (χ1n) is 6.74. The lowest BCUT2D eigenvalue weighted by atomic mass is 10.2. The van der Waals surface area contributed by atoms with Gasteiger partial charge in [-0.15, -0.1) is 10.2 Å². The minimum absolute atomic E-state index is 0.0251. The van der Waals surface area contributed by atoms with E-state index in [1.54, 1.807) is 0 Å². The summed E-state index contributed by atoms with van der Waals surface area (Å²) in [6.45, 7) is 4.34. The predicted octanol–water partition coefficient (Wildman–Crippen LogP) is 2.12. The Morgan fingerprint density at radius 2 is 2.19 bits per heavy atom. The van der Waals surface area contributed by atoms with E-state index in [9.17, 15) is 4.79 Å². The average molecular weight is 301 g/mol. The molecule has 0 aliphatic carbocycles. The molecule has 108 valence electrons. The van der Waals surface area contributed by atoms with Crippen LogP contribution in [0.4, 0.5) is 0 Å². The van der Waals surface area contributed by atoms with Crippen molar-refractivity contribution in [3.8, 4) is 0 Å². The smallest absolute Gasteiger partial charge is 0.233 e. The number of aromatic amines is 1. The van der Waals surface area contributed by atoms with Crippen LogP contribution in [0.5, 0.6) is 0 Å². The number of H-pyrrole nitrogens is 1. The van der Waals surface area contributed by atoms with Crippen LogP contribution < -0.4 is 5.32 Å². The monoisotopic (exact) mass is 301 g/mol. The number of amides is 1. The second-order valence-corrected chi connectivity index (χ2v) is 5.92. The van der Waals surface area contributed by atoms with Crippen LogP contribution >= 0.6 is 11.8 Å². The number of carbonyl (C=O) groups excluding carboxylic acids is 1. The summed E-state index contributed by atoms with van der Waals surface area (Å²) in [7, 11) is 0. The van der Waals surface area contributed by atoms with Gasteiger partial charge < -0.3 is 10.3 Å². The van der Waals surface area contributed by atoms with Crippen molar-refractivity contribution in [3.05, 3.63) is 24.3 Å². The van der Waals surface area contributed by atoms with Gasteiger partial charge in [0.25, 0.3) is 0 Å². The van der Waals surface area contributed by atoms with Gasteiger partial charge in [0.15, 0.2) is 5.65 Å². The van der Waals surface area contributed by atoms with E-state index in [0.29, 0.717) is 17.3 Å². The highest BCUT2D eigenvalue weighted by molar-refractivity contribution is 8.00. The molecule has 0 unspecified atom stereocenters. The highest BCUT2D eigenvalue weighted by Crippen LogP contribution is 2.24. The molecule has 0 spiro atoms. The predicted molar refractivity (Wildman–Crippen MR) is 83.2 cm³/mol. The largest absolute Gasteiger partial charge is 0.355 e. The highest BCUT2D eigenvalue weighted by atomic mass is 32.2. The third-order valence-electron chi connectivity index (χ3n) is 3.10. The van der Waals surface area contributed by atoms with Crippen molar-refractivity contribution in [2.75, 3.05) is 6.54 Å². The Balaban J connectivity index is 1.91. The zero-order valence-corrected chi connectivity index (χ0v) is 12.6. The summed E-state index contributed by atoms with van der Waals surface area (Å²) in [6, 6.07) is 7.87. The number of para-hydroxylation sites is 1. The number of aromatic nitrogens is 4. The van der Waals surface area contributed by atoms with E-state index in [2.05, 4.69) is 25.5 Å². The van der Waals surface area contributed by atoms with E-state index in [0.717, 1.165) is 16.4 Å². The maximum atomic E-state index is 11.7. The maximum Gasteiger partial charge on any atom is 0.233 e. The van der Waals surface area contributed by atoms with Crippen LogP contribution in [0.1, 0.15) is 13.8 Å². The fourth-order valence-electron chi connectivity index (χ4n) is 2.09. The summed E-state index contributed by atoms with van der Waals surface area (Å²) in [5.41, 5.74) is 2.42. The summed E-state index contributed by atoms with van der Waals surface area (Å²) in [5.74, 6) is -0.0251. The van der Waals surface area contributed by atoms with Gasteiger partial charge in [0.2, 0.25) is 11.1 Å². The molecule has 1 amide bonds. The van der Waals surface area contributed by atoms with Crippen LogP contribution in [0, 0.1) is 0 Å². The maximum absolute atomic E-state index is 11.7. The van der Waals surface area contributed by atoms with Gasteiger partial charge in [-0.2, -0.15) is 0 Å². The number of nitrogens with one attached hydrogen (secondary N) is 2. The Morgan fingerprint density at radius 1 is 1.38 bits per heavy atom. The molecule has 1 atom stereocenters. The van der Waals surface area contributed by atoms with E-state index in [4.69, 9.17) is 0 Å². The van der Waals surface area contributed by atoms with Gasteiger partial charge in [-0.25, -0.2) is 4.98 Å². The molecule has 0 bridgehead atoms. The third kappa shape index (κ3) is 2.69. The molecular formula is C14H15N5OS. The SMILES string of the molecule is CCNC(=O)[C@H](C)Sc1nnc2c(n1)[nH]c1ccccc12. The van der Waals surface area contributed by atoms with Crippen molar-refractivity contribution in [2.45, 2.75) is 24.3 Å². The van der Waals surface area contributed by atoms with Crippen LogP contribution in [0.15, 0.2) is 29.4 Å². The molecule has 0 aliphatic rings. The quantitative estimate of drug-likeness (QED) is 0.721. The van der Waals surface area contributed by atoms with Crippen LogP contribution in [-0.4, -0.2) is 37.9 Å². The number of thioether (sulfide) groups is 1. The zero-order chi connectivity index (χ0) is 14.8. The van der Waals surface area contributed by atoms with Gasteiger partial charge in [0.1, 0.15) is 5.52 Å². The Labute approximate surface area is 125 Å². The van der Waals surface area contributed by atoms with Gasteiger partial charge >= 0.3 is 0 Å². The molecule has 2 N–H and O–H groups in total. The molecule has 2 aromatic heterocycles. The van der Waals surface area contributed by atoms with Crippen LogP contribution in [-0.2, 0) is 4.79 Å². The minimum Gasteiger partial charge on any atom is -0.355 e. The highest BCUT2D eigenvalue weighted by Gasteiger charge is 2.16. The number of benzene rings is 1. The number of rotatable bonds is 4. The van der Waals surface area contributed by atoms with Crippen LogP contribution in [0.3, 0.4) is 0 Å². The molecule has 0 aliphatic heterocycles. The topological polar surface area (TPSA) is 83.6 Å². The molecular weight excluding hydrogens is 286 g/mol. The Kier molecular flexibility index (Phi) is 3.74. The normalized spacial score (nSPS) is 12.7.